The number of nitrogens with one attached hydrogen (secondary N) is 1. The maximum absolute atomic E-state index is 14.1. The van der Waals surface area contributed by atoms with Gasteiger partial charge in [0.15, 0.2) is 0 Å². The Morgan fingerprint density at radius 2 is 1.90 bits per heavy atom. The van der Waals surface area contributed by atoms with Gasteiger partial charge in [-0.15, -0.1) is 11.3 Å². The van der Waals surface area contributed by atoms with Crippen LogP contribution in [0.3, 0.4) is 0 Å². The number of aliphatic hydroxyl groups excluding tert-OH is 1. The van der Waals surface area contributed by atoms with Gasteiger partial charge in [0.1, 0.15) is 40.7 Å². The van der Waals surface area contributed by atoms with E-state index in [4.69, 9.17) is 4.74 Å². The number of benzene rings is 2. The van der Waals surface area contributed by atoms with Crippen LogP contribution in [-0.2, 0) is 34.2 Å². The predicted molar refractivity (Wildman–Crippen MR) is 158 cm³/mol. The van der Waals surface area contributed by atoms with Gasteiger partial charge < -0.3 is 14.7 Å². The van der Waals surface area contributed by atoms with Crippen LogP contribution in [0.5, 0.6) is 5.75 Å². The van der Waals surface area contributed by atoms with E-state index >= 15 is 0 Å². The molecule has 220 valence electrons. The van der Waals surface area contributed by atoms with Crippen LogP contribution in [0.2, 0.25) is 0 Å². The lowest BCUT2D eigenvalue weighted by molar-refractivity contribution is -0.134. The van der Waals surface area contributed by atoms with E-state index in [2.05, 4.69) is 21.8 Å². The number of hydrogen-bond donors (Lipinski definition) is 2. The van der Waals surface area contributed by atoms with E-state index in [0.717, 1.165) is 31.2 Å². The van der Waals surface area contributed by atoms with E-state index in [-0.39, 0.29) is 30.5 Å². The van der Waals surface area contributed by atoms with Gasteiger partial charge in [-0.2, -0.15) is 0 Å². The van der Waals surface area contributed by atoms with Crippen molar-refractivity contribution in [1.82, 2.24) is 14.6 Å². The molecule has 0 aliphatic heterocycles. The molecule has 1 aliphatic carbocycles. The van der Waals surface area contributed by atoms with Gasteiger partial charge in [-0.25, -0.2) is 13.6 Å². The highest BCUT2D eigenvalue weighted by Crippen LogP contribution is 2.50. The van der Waals surface area contributed by atoms with Gasteiger partial charge in [-0.1, -0.05) is 42.5 Å². The molecule has 1 fully saturated rings. The number of nitrogens with zero attached hydrogens (tertiary/aromatic N) is 2. The van der Waals surface area contributed by atoms with Gasteiger partial charge in [0.25, 0.3) is 5.91 Å². The molecule has 0 radical (unpaired) electrons. The molecule has 0 spiro atoms. The molecule has 0 saturated heterocycles. The number of ether oxygens (including phenoxy) is 1. The quantitative estimate of drug-likeness (QED) is 0.270. The predicted octanol–water partition coefficient (Wildman–Crippen LogP) is 4.27. The Morgan fingerprint density at radius 1 is 1.20 bits per heavy atom. The Kier molecular flexibility index (Phi) is 10.6. The van der Waals surface area contributed by atoms with Crippen molar-refractivity contribution >= 4 is 34.1 Å². The van der Waals surface area contributed by atoms with E-state index in [1.807, 2.05) is 35.2 Å². The lowest BCUT2D eigenvalue weighted by atomic mass is 9.94. The van der Waals surface area contributed by atoms with Crippen LogP contribution in [0.25, 0.3) is 0 Å². The molecule has 1 saturated carbocycles. The minimum atomic E-state index is -1.73. The number of amides is 2. The van der Waals surface area contributed by atoms with Gasteiger partial charge in [0, 0.05) is 11.4 Å². The third kappa shape index (κ3) is 8.21. The summed E-state index contributed by atoms with van der Waals surface area (Å²) in [4.78, 5) is 33.8. The molecule has 4 rings (SSSR count). The lowest BCUT2D eigenvalue weighted by Gasteiger charge is -2.27. The van der Waals surface area contributed by atoms with Crippen molar-refractivity contribution in [2.45, 2.75) is 57.6 Å². The van der Waals surface area contributed by atoms with Gasteiger partial charge in [0.05, 0.1) is 23.8 Å². The summed E-state index contributed by atoms with van der Waals surface area (Å²) < 4.78 is 32.3. The fourth-order valence-corrected chi connectivity index (χ4v) is 6.53. The summed E-state index contributed by atoms with van der Waals surface area (Å²) >= 11 is 1.33. The zero-order chi connectivity index (χ0) is 29.4. The number of aliphatic hydroxyl groups is 1. The minimum Gasteiger partial charge on any atom is -0.491 e. The Balaban J connectivity index is 1.51. The standard InChI is InChI=1S/C30H36FN3O5S2/c1-21(35)20-41(38)33-28(36)27-22(2)40-26(32-27)19-34(17-6-9-23-7-4-3-5-8-23)29(37)30(14-15-30)24-10-12-25(13-11-24)39-18-16-31/h3-5,7-8,10-13,21,35H,6,9,14-20H2,1-2H3,(H,33,36). The number of carbonyl (C=O) groups excluding carboxylic acids is 2. The molecule has 41 heavy (non-hydrogen) atoms. The number of hydrogen-bond acceptors (Lipinski definition) is 7. The van der Waals surface area contributed by atoms with E-state index in [9.17, 15) is 23.3 Å². The normalized spacial score (nSPS) is 15.1. The Bertz CT molecular complexity index is 1340. The molecule has 1 heterocycles. The zero-order valence-electron chi connectivity index (χ0n) is 23.3. The minimum absolute atomic E-state index is 0.0116. The highest BCUT2D eigenvalue weighted by molar-refractivity contribution is 7.83. The van der Waals surface area contributed by atoms with Crippen LogP contribution in [0.15, 0.2) is 54.6 Å². The third-order valence-electron chi connectivity index (χ3n) is 6.92. The van der Waals surface area contributed by atoms with Gasteiger partial charge >= 0.3 is 0 Å². The number of alkyl halides is 1. The van der Waals surface area contributed by atoms with Crippen molar-refractivity contribution in [3.05, 3.63) is 81.3 Å². The van der Waals surface area contributed by atoms with Gasteiger partial charge in [-0.3, -0.25) is 14.3 Å². The Morgan fingerprint density at radius 3 is 2.54 bits per heavy atom. The smallest absolute Gasteiger partial charge is 0.282 e. The van der Waals surface area contributed by atoms with Crippen LogP contribution in [0.1, 0.15) is 57.7 Å². The summed E-state index contributed by atoms with van der Waals surface area (Å²) in [5.41, 5.74) is 1.64. The molecule has 1 aromatic heterocycles. The zero-order valence-corrected chi connectivity index (χ0v) is 24.9. The number of halogens is 1. The Labute approximate surface area is 246 Å². The van der Waals surface area contributed by atoms with Crippen molar-refractivity contribution in [3.63, 3.8) is 0 Å². The number of aryl methyl sites for hydroxylation is 2. The van der Waals surface area contributed by atoms with Gasteiger partial charge in [-0.05, 0) is 62.8 Å². The molecule has 0 bridgehead atoms. The maximum atomic E-state index is 14.1. The fourth-order valence-electron chi connectivity index (χ4n) is 4.76. The maximum Gasteiger partial charge on any atom is 0.282 e. The summed E-state index contributed by atoms with van der Waals surface area (Å²) in [5, 5.41) is 10.1. The molecule has 2 N–H and O–H groups in total. The Hall–Kier alpha value is -3.15. The van der Waals surface area contributed by atoms with E-state index in [1.165, 1.54) is 23.8 Å². The topological polar surface area (TPSA) is 109 Å². The van der Waals surface area contributed by atoms with Crippen LogP contribution in [0, 0.1) is 6.92 Å². The highest BCUT2D eigenvalue weighted by Gasteiger charge is 2.53. The fraction of sp³-hybridized carbons (Fsp3) is 0.433. The molecular formula is C30H36FN3O5S2. The lowest BCUT2D eigenvalue weighted by Crippen LogP contribution is -2.39. The summed E-state index contributed by atoms with van der Waals surface area (Å²) in [6, 6.07) is 17.4. The van der Waals surface area contributed by atoms with E-state index < -0.39 is 35.1 Å². The number of aromatic nitrogens is 1. The summed E-state index contributed by atoms with van der Waals surface area (Å²) in [6.07, 6.45) is 2.22. The van der Waals surface area contributed by atoms with Crippen LogP contribution in [-0.4, -0.2) is 62.7 Å². The number of thiazole rings is 1. The number of carbonyl (C=O) groups is 2. The second kappa shape index (κ2) is 14.2. The molecule has 2 unspecified atom stereocenters. The first kappa shape index (κ1) is 30.8. The van der Waals surface area contributed by atoms with Crippen molar-refractivity contribution < 1.29 is 28.0 Å². The van der Waals surface area contributed by atoms with Crippen molar-refractivity contribution in [3.8, 4) is 5.75 Å². The van der Waals surface area contributed by atoms with Crippen molar-refractivity contribution in [1.29, 1.82) is 0 Å². The largest absolute Gasteiger partial charge is 0.491 e. The van der Waals surface area contributed by atoms with Crippen molar-refractivity contribution in [2.24, 2.45) is 0 Å². The van der Waals surface area contributed by atoms with Crippen LogP contribution >= 0.6 is 11.3 Å². The van der Waals surface area contributed by atoms with Crippen LogP contribution < -0.4 is 9.46 Å². The molecule has 8 nitrogen and oxygen atoms in total. The average Bonchev–Trinajstić information content (AvgIpc) is 3.68. The van der Waals surface area contributed by atoms with Crippen molar-refractivity contribution in [2.75, 3.05) is 25.6 Å². The monoisotopic (exact) mass is 601 g/mol. The van der Waals surface area contributed by atoms with Gasteiger partial charge in [0.2, 0.25) is 5.91 Å². The summed E-state index contributed by atoms with van der Waals surface area (Å²) in [5.74, 6) is -0.0661. The van der Waals surface area contributed by atoms with E-state index in [0.29, 0.717) is 22.2 Å². The average molecular weight is 602 g/mol. The summed E-state index contributed by atoms with van der Waals surface area (Å²) in [6.45, 7) is 3.46. The molecule has 2 amide bonds. The number of rotatable bonds is 15. The highest BCUT2D eigenvalue weighted by atomic mass is 32.2. The molecule has 11 heteroatoms. The molecule has 2 aromatic carbocycles. The molecule has 2 atom stereocenters. The first-order valence-electron chi connectivity index (χ1n) is 13.7. The van der Waals surface area contributed by atoms with Crippen LogP contribution in [0.4, 0.5) is 4.39 Å². The second-order valence-corrected chi connectivity index (χ2v) is 12.8. The molecular weight excluding hydrogens is 565 g/mol. The SMILES string of the molecule is Cc1sc(CN(CCCc2ccccc2)C(=O)C2(c3ccc(OCCF)cc3)CC2)nc1C(=O)NS(=O)CC(C)O. The first-order chi connectivity index (χ1) is 19.7. The third-order valence-corrected chi connectivity index (χ3v) is 9.07. The second-order valence-electron chi connectivity index (χ2n) is 10.3. The molecule has 3 aromatic rings. The molecule has 1 aliphatic rings. The summed E-state index contributed by atoms with van der Waals surface area (Å²) in [7, 11) is -1.73. The van der Waals surface area contributed by atoms with E-state index in [1.54, 1.807) is 19.1 Å². The first-order valence-corrected chi connectivity index (χ1v) is 15.8.